The zero-order valence-corrected chi connectivity index (χ0v) is 13.7. The van der Waals surface area contributed by atoms with E-state index in [0.717, 1.165) is 18.5 Å². The fraction of sp³-hybridized carbons (Fsp3) is 0.316. The second-order valence-electron chi connectivity index (χ2n) is 5.85. The lowest BCUT2D eigenvalue weighted by Gasteiger charge is -2.22. The number of carbonyl (C=O) groups is 1. The molecule has 0 saturated carbocycles. The van der Waals surface area contributed by atoms with E-state index >= 15 is 0 Å². The van der Waals surface area contributed by atoms with Gasteiger partial charge in [-0.25, -0.2) is 4.79 Å². The lowest BCUT2D eigenvalue weighted by atomic mass is 10.1. The quantitative estimate of drug-likeness (QED) is 0.854. The van der Waals surface area contributed by atoms with E-state index in [1.54, 1.807) is 0 Å². The predicted octanol–water partition coefficient (Wildman–Crippen LogP) is 3.09. The largest absolute Gasteiger partial charge is 0.445 e. The molecule has 0 spiro atoms. The average molecular weight is 312 g/mol. The first-order valence-electron chi connectivity index (χ1n) is 7.79. The first-order chi connectivity index (χ1) is 11.1. The number of nitrogens with zero attached hydrogens (tertiary/aromatic N) is 1. The highest BCUT2D eigenvalue weighted by Crippen LogP contribution is 2.05. The van der Waals surface area contributed by atoms with Crippen LogP contribution in [-0.4, -0.2) is 37.7 Å². The molecule has 1 N–H and O–H groups in total. The molecule has 1 amide bonds. The van der Waals surface area contributed by atoms with Crippen LogP contribution in [0.3, 0.4) is 0 Å². The van der Waals surface area contributed by atoms with Crippen LogP contribution < -0.4 is 5.32 Å². The minimum Gasteiger partial charge on any atom is -0.445 e. The molecule has 2 aromatic rings. The summed E-state index contributed by atoms with van der Waals surface area (Å²) in [6.45, 7) is 1.04. The zero-order chi connectivity index (χ0) is 16.5. The Balaban J connectivity index is 1.87. The van der Waals surface area contributed by atoms with Crippen LogP contribution in [0.15, 0.2) is 60.7 Å². The van der Waals surface area contributed by atoms with E-state index in [0.29, 0.717) is 0 Å². The van der Waals surface area contributed by atoms with E-state index in [2.05, 4.69) is 22.3 Å². The van der Waals surface area contributed by atoms with Gasteiger partial charge in [0.2, 0.25) is 0 Å². The summed E-state index contributed by atoms with van der Waals surface area (Å²) in [6.07, 6.45) is 0.399. The maximum atomic E-state index is 12.0. The Kier molecular flexibility index (Phi) is 6.63. The van der Waals surface area contributed by atoms with Crippen LogP contribution in [0.1, 0.15) is 11.1 Å². The summed E-state index contributed by atoms with van der Waals surface area (Å²) in [4.78, 5) is 14.1. The lowest BCUT2D eigenvalue weighted by Crippen LogP contribution is -2.43. The summed E-state index contributed by atoms with van der Waals surface area (Å²) in [7, 11) is 3.99. The summed E-state index contributed by atoms with van der Waals surface area (Å²) in [5.41, 5.74) is 2.18. The van der Waals surface area contributed by atoms with Gasteiger partial charge in [-0.05, 0) is 31.6 Å². The number of nitrogens with one attached hydrogen (secondary N) is 1. The van der Waals surface area contributed by atoms with E-state index in [-0.39, 0.29) is 18.7 Å². The fourth-order valence-electron chi connectivity index (χ4n) is 2.43. The number of ether oxygens (including phenoxy) is 1. The number of hydrogen-bond acceptors (Lipinski definition) is 3. The SMILES string of the molecule is CN(C)C[C@H](Cc1ccccc1)NC(=O)OCc1ccccc1. The molecule has 2 aromatic carbocycles. The third-order valence-electron chi connectivity index (χ3n) is 3.45. The van der Waals surface area contributed by atoms with Crippen molar-refractivity contribution in [2.75, 3.05) is 20.6 Å². The molecule has 0 heterocycles. The molecule has 0 aromatic heterocycles. The molecule has 0 aliphatic carbocycles. The van der Waals surface area contributed by atoms with Crippen molar-refractivity contribution in [3.63, 3.8) is 0 Å². The lowest BCUT2D eigenvalue weighted by molar-refractivity contribution is 0.133. The number of alkyl carbamates (subject to hydrolysis) is 1. The molecule has 4 heteroatoms. The van der Waals surface area contributed by atoms with E-state index < -0.39 is 0 Å². The van der Waals surface area contributed by atoms with Crippen LogP contribution in [0.5, 0.6) is 0 Å². The second-order valence-corrected chi connectivity index (χ2v) is 5.85. The summed E-state index contributed by atoms with van der Waals surface area (Å²) in [5, 5.41) is 2.96. The monoisotopic (exact) mass is 312 g/mol. The van der Waals surface area contributed by atoms with Crippen molar-refractivity contribution < 1.29 is 9.53 Å². The molecule has 2 rings (SSSR count). The first-order valence-corrected chi connectivity index (χ1v) is 7.79. The van der Waals surface area contributed by atoms with E-state index in [1.165, 1.54) is 5.56 Å². The van der Waals surface area contributed by atoms with Crippen LogP contribution in [-0.2, 0) is 17.8 Å². The Bertz CT molecular complexity index is 585. The maximum Gasteiger partial charge on any atom is 0.407 e. The molecule has 0 saturated heterocycles. The molecule has 4 nitrogen and oxygen atoms in total. The molecule has 0 radical (unpaired) electrons. The topological polar surface area (TPSA) is 41.6 Å². The number of likely N-dealkylation sites (N-methyl/N-ethyl adjacent to an activating group) is 1. The standard InChI is InChI=1S/C19H24N2O2/c1-21(2)14-18(13-16-9-5-3-6-10-16)20-19(22)23-15-17-11-7-4-8-12-17/h3-12,18H,13-15H2,1-2H3,(H,20,22)/t18-/m0/s1. The Morgan fingerprint density at radius 1 is 1.00 bits per heavy atom. The minimum atomic E-state index is -0.378. The van der Waals surface area contributed by atoms with Gasteiger partial charge in [0, 0.05) is 12.6 Å². The third-order valence-corrected chi connectivity index (χ3v) is 3.45. The molecular formula is C19H24N2O2. The second kappa shape index (κ2) is 8.96. The molecule has 23 heavy (non-hydrogen) atoms. The van der Waals surface area contributed by atoms with Crippen LogP contribution >= 0.6 is 0 Å². The Hall–Kier alpha value is -2.33. The highest BCUT2D eigenvalue weighted by atomic mass is 16.5. The van der Waals surface area contributed by atoms with Crippen LogP contribution in [0, 0.1) is 0 Å². The van der Waals surface area contributed by atoms with Gasteiger partial charge in [-0.1, -0.05) is 60.7 Å². The number of rotatable bonds is 7. The van der Waals surface area contributed by atoms with Gasteiger partial charge in [-0.3, -0.25) is 0 Å². The highest BCUT2D eigenvalue weighted by Gasteiger charge is 2.15. The van der Waals surface area contributed by atoms with Crippen LogP contribution in [0.4, 0.5) is 4.79 Å². The van der Waals surface area contributed by atoms with Crippen molar-refractivity contribution in [1.82, 2.24) is 10.2 Å². The Morgan fingerprint density at radius 2 is 1.57 bits per heavy atom. The van der Waals surface area contributed by atoms with Crippen LogP contribution in [0.25, 0.3) is 0 Å². The molecular weight excluding hydrogens is 288 g/mol. The van der Waals surface area contributed by atoms with Crippen LogP contribution in [0.2, 0.25) is 0 Å². The van der Waals surface area contributed by atoms with E-state index in [4.69, 9.17) is 4.74 Å². The van der Waals surface area contributed by atoms with Crippen molar-refractivity contribution in [3.05, 3.63) is 71.8 Å². The number of carbonyl (C=O) groups excluding carboxylic acids is 1. The maximum absolute atomic E-state index is 12.0. The van der Waals surface area contributed by atoms with Gasteiger partial charge in [0.1, 0.15) is 6.61 Å². The minimum absolute atomic E-state index is 0.00988. The molecule has 0 aliphatic heterocycles. The Morgan fingerprint density at radius 3 is 2.13 bits per heavy atom. The van der Waals surface area contributed by atoms with Crippen molar-refractivity contribution in [1.29, 1.82) is 0 Å². The molecule has 0 aliphatic rings. The van der Waals surface area contributed by atoms with Gasteiger partial charge >= 0.3 is 6.09 Å². The van der Waals surface area contributed by atoms with Gasteiger partial charge < -0.3 is 15.0 Å². The van der Waals surface area contributed by atoms with Gasteiger partial charge in [0.15, 0.2) is 0 Å². The highest BCUT2D eigenvalue weighted by molar-refractivity contribution is 5.67. The van der Waals surface area contributed by atoms with E-state index in [9.17, 15) is 4.79 Å². The van der Waals surface area contributed by atoms with Gasteiger partial charge in [-0.2, -0.15) is 0 Å². The van der Waals surface area contributed by atoms with Gasteiger partial charge in [-0.15, -0.1) is 0 Å². The molecule has 1 atom stereocenters. The zero-order valence-electron chi connectivity index (χ0n) is 13.7. The Labute approximate surface area is 138 Å². The van der Waals surface area contributed by atoms with E-state index in [1.807, 2.05) is 62.6 Å². The molecule has 0 bridgehead atoms. The molecule has 0 unspecified atom stereocenters. The average Bonchev–Trinajstić information content (AvgIpc) is 2.54. The van der Waals surface area contributed by atoms with Crippen molar-refractivity contribution >= 4 is 6.09 Å². The summed E-state index contributed by atoms with van der Waals surface area (Å²) < 4.78 is 5.31. The third kappa shape index (κ3) is 6.53. The van der Waals surface area contributed by atoms with Gasteiger partial charge in [0.25, 0.3) is 0 Å². The van der Waals surface area contributed by atoms with Gasteiger partial charge in [0.05, 0.1) is 0 Å². The summed E-state index contributed by atoms with van der Waals surface area (Å²) in [5.74, 6) is 0. The molecule has 122 valence electrons. The number of amides is 1. The van der Waals surface area contributed by atoms with Crippen molar-refractivity contribution in [3.8, 4) is 0 Å². The number of hydrogen-bond donors (Lipinski definition) is 1. The van der Waals surface area contributed by atoms with Crippen molar-refractivity contribution in [2.24, 2.45) is 0 Å². The fourth-order valence-corrected chi connectivity index (χ4v) is 2.43. The first kappa shape index (κ1) is 17.0. The van der Waals surface area contributed by atoms with Crippen molar-refractivity contribution in [2.45, 2.75) is 19.1 Å². The summed E-state index contributed by atoms with van der Waals surface area (Å²) >= 11 is 0. The molecule has 0 fully saturated rings. The summed E-state index contributed by atoms with van der Waals surface area (Å²) in [6, 6.07) is 19.8. The smallest absolute Gasteiger partial charge is 0.407 e. The number of benzene rings is 2. The normalized spacial score (nSPS) is 12.0. The predicted molar refractivity (Wildman–Crippen MR) is 92.3 cm³/mol.